The number of thioether (sulfide) groups is 1. The number of hydrogen-bond donors (Lipinski definition) is 1. The van der Waals surface area contributed by atoms with E-state index < -0.39 is 10.0 Å². The maximum absolute atomic E-state index is 12.0. The Morgan fingerprint density at radius 2 is 2.22 bits per heavy atom. The molecule has 0 aromatic heterocycles. The SMILES string of the molecule is CCCCSC1=NS(=O)(=O)c2cc(Cl)ccc2N1. The summed E-state index contributed by atoms with van der Waals surface area (Å²) in [6, 6.07) is 4.73. The summed E-state index contributed by atoms with van der Waals surface area (Å²) in [6.07, 6.45) is 2.10. The Morgan fingerprint density at radius 3 is 2.94 bits per heavy atom. The summed E-state index contributed by atoms with van der Waals surface area (Å²) >= 11 is 7.22. The molecule has 0 aliphatic carbocycles. The highest BCUT2D eigenvalue weighted by molar-refractivity contribution is 8.14. The molecule has 0 bridgehead atoms. The topological polar surface area (TPSA) is 58.5 Å². The minimum absolute atomic E-state index is 0.134. The molecule has 0 atom stereocenters. The highest BCUT2D eigenvalue weighted by Gasteiger charge is 2.25. The molecule has 1 N–H and O–H groups in total. The van der Waals surface area contributed by atoms with Crippen molar-refractivity contribution in [2.45, 2.75) is 24.7 Å². The van der Waals surface area contributed by atoms with Crippen LogP contribution in [-0.4, -0.2) is 19.3 Å². The molecule has 0 fully saturated rings. The number of halogens is 1. The molecule has 1 aromatic rings. The Kier molecular flexibility index (Phi) is 4.19. The predicted molar refractivity (Wildman–Crippen MR) is 77.1 cm³/mol. The summed E-state index contributed by atoms with van der Waals surface area (Å²) in [5.74, 6) is 0.848. The molecular weight excluding hydrogens is 292 g/mol. The van der Waals surface area contributed by atoms with Gasteiger partial charge in [-0.3, -0.25) is 0 Å². The van der Waals surface area contributed by atoms with Crippen molar-refractivity contribution in [2.24, 2.45) is 4.40 Å². The fourth-order valence-electron chi connectivity index (χ4n) is 1.48. The number of unbranched alkanes of at least 4 members (excludes halogenated alkanes) is 1. The maximum atomic E-state index is 12.0. The fraction of sp³-hybridized carbons (Fsp3) is 0.364. The van der Waals surface area contributed by atoms with Gasteiger partial charge in [-0.1, -0.05) is 36.7 Å². The van der Waals surface area contributed by atoms with Gasteiger partial charge in [0.1, 0.15) is 4.90 Å². The molecule has 0 spiro atoms. The van der Waals surface area contributed by atoms with Crippen molar-refractivity contribution in [3.8, 4) is 0 Å². The zero-order valence-corrected chi connectivity index (χ0v) is 12.2. The molecule has 0 radical (unpaired) electrons. The Morgan fingerprint density at radius 1 is 1.44 bits per heavy atom. The van der Waals surface area contributed by atoms with Crippen LogP contribution >= 0.6 is 23.4 Å². The van der Waals surface area contributed by atoms with Gasteiger partial charge in [0.05, 0.1) is 5.69 Å². The Hall–Kier alpha value is -0.720. The van der Waals surface area contributed by atoms with Crippen molar-refractivity contribution in [3.63, 3.8) is 0 Å². The van der Waals surface area contributed by atoms with Gasteiger partial charge in [-0.15, -0.1) is 4.40 Å². The van der Waals surface area contributed by atoms with E-state index in [1.54, 1.807) is 12.1 Å². The fourth-order valence-corrected chi connectivity index (χ4v) is 4.07. The summed E-state index contributed by atoms with van der Waals surface area (Å²) in [5.41, 5.74) is 0.536. The van der Waals surface area contributed by atoms with Crippen molar-refractivity contribution >= 4 is 44.2 Å². The summed E-state index contributed by atoms with van der Waals surface area (Å²) < 4.78 is 27.7. The second-order valence-electron chi connectivity index (χ2n) is 3.84. The first-order valence-electron chi connectivity index (χ1n) is 5.57. The second kappa shape index (κ2) is 5.50. The second-order valence-corrected chi connectivity index (χ2v) is 6.93. The molecule has 0 saturated carbocycles. The number of rotatable bonds is 3. The molecule has 7 heteroatoms. The third kappa shape index (κ3) is 2.99. The normalized spacial score (nSPS) is 16.7. The maximum Gasteiger partial charge on any atom is 0.286 e. The van der Waals surface area contributed by atoms with Gasteiger partial charge in [-0.25, -0.2) is 0 Å². The van der Waals surface area contributed by atoms with Crippen molar-refractivity contribution in [1.82, 2.24) is 0 Å². The summed E-state index contributed by atoms with van der Waals surface area (Å²) in [7, 11) is -3.63. The van der Waals surface area contributed by atoms with Crippen LogP contribution < -0.4 is 5.32 Å². The molecule has 0 unspecified atom stereocenters. The molecule has 0 amide bonds. The van der Waals surface area contributed by atoms with E-state index in [4.69, 9.17) is 11.6 Å². The van der Waals surface area contributed by atoms with Crippen LogP contribution in [0.2, 0.25) is 5.02 Å². The number of benzene rings is 1. The van der Waals surface area contributed by atoms with Crippen molar-refractivity contribution in [3.05, 3.63) is 23.2 Å². The molecule has 1 heterocycles. The van der Waals surface area contributed by atoms with E-state index in [9.17, 15) is 8.42 Å². The minimum Gasteiger partial charge on any atom is -0.333 e. The molecule has 4 nitrogen and oxygen atoms in total. The van der Waals surface area contributed by atoms with Crippen LogP contribution in [0, 0.1) is 0 Å². The van der Waals surface area contributed by atoms with Crippen LogP contribution in [0.4, 0.5) is 5.69 Å². The quantitative estimate of drug-likeness (QED) is 0.870. The zero-order valence-electron chi connectivity index (χ0n) is 9.81. The molecular formula is C11H13ClN2O2S2. The third-order valence-corrected chi connectivity index (χ3v) is 5.03. The van der Waals surface area contributed by atoms with E-state index in [1.165, 1.54) is 17.8 Å². The van der Waals surface area contributed by atoms with E-state index >= 15 is 0 Å². The van der Waals surface area contributed by atoms with E-state index in [-0.39, 0.29) is 4.90 Å². The average molecular weight is 305 g/mol. The van der Waals surface area contributed by atoms with Crippen LogP contribution in [0.3, 0.4) is 0 Å². The average Bonchev–Trinajstić information content (AvgIpc) is 2.30. The molecule has 1 aliphatic rings. The number of hydrogen-bond acceptors (Lipinski definition) is 4. The Labute approximate surface area is 116 Å². The lowest BCUT2D eigenvalue weighted by molar-refractivity contribution is 0.598. The van der Waals surface area contributed by atoms with Gasteiger partial charge in [0.15, 0.2) is 5.17 Å². The van der Waals surface area contributed by atoms with Gasteiger partial charge in [0.25, 0.3) is 10.0 Å². The first kappa shape index (κ1) is 13.7. The number of amidine groups is 1. The smallest absolute Gasteiger partial charge is 0.286 e. The van der Waals surface area contributed by atoms with E-state index in [0.717, 1.165) is 18.6 Å². The van der Waals surface area contributed by atoms with Crippen LogP contribution in [0.1, 0.15) is 19.8 Å². The van der Waals surface area contributed by atoms with Gasteiger partial charge in [0.2, 0.25) is 0 Å². The number of anilines is 1. The Balaban J connectivity index is 2.27. The van der Waals surface area contributed by atoms with Crippen LogP contribution in [0.5, 0.6) is 0 Å². The van der Waals surface area contributed by atoms with Crippen molar-refractivity contribution in [2.75, 3.05) is 11.1 Å². The summed E-state index contributed by atoms with van der Waals surface area (Å²) in [6.45, 7) is 2.09. The first-order valence-corrected chi connectivity index (χ1v) is 8.37. The number of sulfonamides is 1. The van der Waals surface area contributed by atoms with Gasteiger partial charge < -0.3 is 5.32 Å². The first-order chi connectivity index (χ1) is 8.53. The molecule has 2 rings (SSSR count). The van der Waals surface area contributed by atoms with Gasteiger partial charge in [0, 0.05) is 10.8 Å². The van der Waals surface area contributed by atoms with Gasteiger partial charge in [-0.2, -0.15) is 8.42 Å². The summed E-state index contributed by atoms with van der Waals surface area (Å²) in [4.78, 5) is 0.134. The van der Waals surface area contributed by atoms with Gasteiger partial charge >= 0.3 is 0 Å². The molecule has 0 saturated heterocycles. The van der Waals surface area contributed by atoms with E-state index in [0.29, 0.717) is 15.9 Å². The van der Waals surface area contributed by atoms with Crippen molar-refractivity contribution in [1.29, 1.82) is 0 Å². The molecule has 1 aromatic carbocycles. The lowest BCUT2D eigenvalue weighted by atomic mass is 10.3. The molecule has 18 heavy (non-hydrogen) atoms. The number of fused-ring (bicyclic) bond motifs is 1. The molecule has 1 aliphatic heterocycles. The highest BCUT2D eigenvalue weighted by atomic mass is 35.5. The van der Waals surface area contributed by atoms with E-state index in [1.807, 2.05) is 0 Å². The van der Waals surface area contributed by atoms with Crippen LogP contribution in [0.25, 0.3) is 0 Å². The highest BCUT2D eigenvalue weighted by Crippen LogP contribution is 2.31. The van der Waals surface area contributed by atoms with Gasteiger partial charge in [-0.05, 0) is 24.6 Å². The lowest BCUT2D eigenvalue weighted by Crippen LogP contribution is -2.19. The molecule has 98 valence electrons. The van der Waals surface area contributed by atoms with Crippen LogP contribution in [-0.2, 0) is 10.0 Å². The number of nitrogens with one attached hydrogen (secondary N) is 1. The predicted octanol–water partition coefficient (Wildman–Crippen LogP) is 3.34. The number of nitrogens with zero attached hydrogens (tertiary/aromatic N) is 1. The van der Waals surface area contributed by atoms with Crippen LogP contribution in [0.15, 0.2) is 27.5 Å². The largest absolute Gasteiger partial charge is 0.333 e. The third-order valence-electron chi connectivity index (χ3n) is 2.40. The standard InChI is InChI=1S/C11H13ClN2O2S2/c1-2-3-6-17-11-13-9-5-4-8(12)7-10(9)18(15,16)14-11/h4-5,7H,2-3,6H2,1H3,(H,13,14). The zero-order chi connectivity index (χ0) is 13.2. The Bertz CT molecular complexity index is 585. The monoisotopic (exact) mass is 304 g/mol. The lowest BCUT2D eigenvalue weighted by Gasteiger charge is -2.17. The minimum atomic E-state index is -3.63. The van der Waals surface area contributed by atoms with Crippen molar-refractivity contribution < 1.29 is 8.42 Å². The summed E-state index contributed by atoms with van der Waals surface area (Å²) in [5, 5.41) is 3.83. The van der Waals surface area contributed by atoms with E-state index in [2.05, 4.69) is 16.6 Å².